The van der Waals surface area contributed by atoms with Gasteiger partial charge in [-0.05, 0) is 5.56 Å². The molecule has 0 saturated carbocycles. The van der Waals surface area contributed by atoms with Crippen molar-refractivity contribution in [3.63, 3.8) is 0 Å². The Balaban J connectivity index is 3.02. The Morgan fingerprint density at radius 1 is 1.36 bits per heavy atom. The largest absolute Gasteiger partial charge is 0.303 e. The van der Waals surface area contributed by atoms with E-state index in [1.165, 1.54) is 0 Å². The number of alkyl halides is 1. The van der Waals surface area contributed by atoms with Gasteiger partial charge in [-0.2, -0.15) is 0 Å². The molecule has 0 aliphatic carbocycles. The van der Waals surface area contributed by atoms with Gasteiger partial charge < -0.3 is 5.73 Å². The first-order chi connectivity index (χ1) is 5.17. The fraction of sp³-hybridized carbons (Fsp3) is 0.125. The second kappa shape index (κ2) is 3.03. The maximum Gasteiger partial charge on any atom is 0.172 e. The number of rotatable bonds is 2. The molecule has 0 aromatic heterocycles. The molecule has 0 saturated heterocycles. The lowest BCUT2D eigenvalue weighted by Gasteiger charge is -2.13. The molecule has 1 aromatic rings. The number of benzene rings is 1. The van der Waals surface area contributed by atoms with E-state index in [4.69, 9.17) is 17.3 Å². The topological polar surface area (TPSA) is 43.1 Å². The van der Waals surface area contributed by atoms with Crippen LogP contribution in [0.3, 0.4) is 0 Å². The highest BCUT2D eigenvalue weighted by atomic mass is 35.5. The monoisotopic (exact) mass is 169 g/mol. The number of nitrogens with two attached hydrogens (primary N) is 1. The fourth-order valence-electron chi connectivity index (χ4n) is 0.762. The van der Waals surface area contributed by atoms with Crippen molar-refractivity contribution in [2.24, 2.45) is 5.73 Å². The molecule has 58 valence electrons. The summed E-state index contributed by atoms with van der Waals surface area (Å²) in [6.07, 6.45) is 0.518. The first-order valence-electron chi connectivity index (χ1n) is 3.16. The maximum atomic E-state index is 10.4. The lowest BCUT2D eigenvalue weighted by molar-refractivity contribution is -0.110. The maximum absolute atomic E-state index is 10.4. The molecule has 1 atom stereocenters. The standard InChI is InChI=1S/C8H8ClNO/c9-8(10,6-11)7-4-2-1-3-5-7/h1-6H,10H2/t8-/m1/s1. The molecule has 11 heavy (non-hydrogen) atoms. The minimum absolute atomic E-state index is 0.518. The quantitative estimate of drug-likeness (QED) is 0.411. The van der Waals surface area contributed by atoms with Crippen LogP contribution in [0.15, 0.2) is 30.3 Å². The zero-order valence-electron chi connectivity index (χ0n) is 5.83. The van der Waals surface area contributed by atoms with Crippen molar-refractivity contribution >= 4 is 17.9 Å². The van der Waals surface area contributed by atoms with E-state index in [0.717, 1.165) is 0 Å². The van der Waals surface area contributed by atoms with Crippen LogP contribution in [-0.4, -0.2) is 6.29 Å². The van der Waals surface area contributed by atoms with Gasteiger partial charge in [0.15, 0.2) is 11.3 Å². The minimum Gasteiger partial charge on any atom is -0.303 e. The van der Waals surface area contributed by atoms with Crippen LogP contribution in [0.5, 0.6) is 0 Å². The van der Waals surface area contributed by atoms with Gasteiger partial charge >= 0.3 is 0 Å². The lowest BCUT2D eigenvalue weighted by atomic mass is 10.1. The molecule has 0 heterocycles. The van der Waals surface area contributed by atoms with Gasteiger partial charge in [-0.3, -0.25) is 4.79 Å². The molecule has 0 amide bonds. The van der Waals surface area contributed by atoms with E-state index >= 15 is 0 Å². The molecule has 0 unspecified atom stereocenters. The van der Waals surface area contributed by atoms with Crippen LogP contribution in [0.1, 0.15) is 5.56 Å². The summed E-state index contributed by atoms with van der Waals surface area (Å²) in [7, 11) is 0. The molecule has 0 fully saturated rings. The third-order valence-corrected chi connectivity index (χ3v) is 1.70. The van der Waals surface area contributed by atoms with Crippen molar-refractivity contribution in [3.05, 3.63) is 35.9 Å². The predicted octanol–water partition coefficient (Wildman–Crippen LogP) is 1.24. The van der Waals surface area contributed by atoms with Gasteiger partial charge in [-0.15, -0.1) is 0 Å². The molecule has 0 spiro atoms. The number of halogens is 1. The van der Waals surface area contributed by atoms with Crippen molar-refractivity contribution in [2.75, 3.05) is 0 Å². The van der Waals surface area contributed by atoms with Crippen LogP contribution in [-0.2, 0) is 9.79 Å². The SMILES string of the molecule is N[C@](Cl)(C=O)c1ccccc1. The van der Waals surface area contributed by atoms with Gasteiger partial charge in [0, 0.05) is 0 Å². The minimum atomic E-state index is -1.37. The highest BCUT2D eigenvalue weighted by molar-refractivity contribution is 6.30. The van der Waals surface area contributed by atoms with E-state index in [9.17, 15) is 4.79 Å². The Morgan fingerprint density at radius 3 is 2.36 bits per heavy atom. The van der Waals surface area contributed by atoms with Crippen LogP contribution in [0.4, 0.5) is 0 Å². The average molecular weight is 170 g/mol. The number of carbonyl (C=O) groups excluding carboxylic acids is 1. The van der Waals surface area contributed by atoms with Gasteiger partial charge in [0.25, 0.3) is 0 Å². The molecule has 1 rings (SSSR count). The molecule has 0 bridgehead atoms. The van der Waals surface area contributed by atoms with Crippen LogP contribution in [0, 0.1) is 0 Å². The molecule has 0 aliphatic rings. The van der Waals surface area contributed by atoms with E-state index in [1.807, 2.05) is 6.07 Å². The lowest BCUT2D eigenvalue weighted by Crippen LogP contribution is -2.31. The highest BCUT2D eigenvalue weighted by Crippen LogP contribution is 2.19. The average Bonchev–Trinajstić information content (AvgIpc) is 2.06. The zero-order valence-corrected chi connectivity index (χ0v) is 6.58. The summed E-state index contributed by atoms with van der Waals surface area (Å²) in [6, 6.07) is 8.82. The molecular weight excluding hydrogens is 162 g/mol. The summed E-state index contributed by atoms with van der Waals surface area (Å²) in [4.78, 5) is 9.00. The molecule has 0 aliphatic heterocycles. The Hall–Kier alpha value is -0.860. The van der Waals surface area contributed by atoms with Crippen molar-refractivity contribution in [1.29, 1.82) is 0 Å². The second-order valence-corrected chi connectivity index (χ2v) is 2.88. The van der Waals surface area contributed by atoms with Crippen molar-refractivity contribution in [3.8, 4) is 0 Å². The highest BCUT2D eigenvalue weighted by Gasteiger charge is 2.21. The Labute approximate surface area is 70.0 Å². The summed E-state index contributed by atoms with van der Waals surface area (Å²) in [5.74, 6) is 0. The molecule has 2 nitrogen and oxygen atoms in total. The number of aldehydes is 1. The smallest absolute Gasteiger partial charge is 0.172 e. The van der Waals surface area contributed by atoms with Crippen LogP contribution in [0.2, 0.25) is 0 Å². The van der Waals surface area contributed by atoms with E-state index in [1.54, 1.807) is 24.3 Å². The number of carbonyl (C=O) groups is 1. The summed E-state index contributed by atoms with van der Waals surface area (Å²) in [6.45, 7) is 0. The van der Waals surface area contributed by atoms with E-state index in [2.05, 4.69) is 0 Å². The van der Waals surface area contributed by atoms with E-state index in [-0.39, 0.29) is 0 Å². The Bertz CT molecular complexity index is 246. The van der Waals surface area contributed by atoms with Crippen LogP contribution < -0.4 is 5.73 Å². The summed E-state index contributed by atoms with van der Waals surface area (Å²) in [5.41, 5.74) is 6.04. The molecule has 0 radical (unpaired) electrons. The summed E-state index contributed by atoms with van der Waals surface area (Å²) >= 11 is 5.66. The van der Waals surface area contributed by atoms with Crippen molar-refractivity contribution in [2.45, 2.75) is 5.00 Å². The predicted molar refractivity (Wildman–Crippen MR) is 44.2 cm³/mol. The molecule has 1 aromatic carbocycles. The van der Waals surface area contributed by atoms with Gasteiger partial charge in [0.1, 0.15) is 0 Å². The van der Waals surface area contributed by atoms with E-state index < -0.39 is 5.00 Å². The van der Waals surface area contributed by atoms with Crippen LogP contribution in [0.25, 0.3) is 0 Å². The second-order valence-electron chi connectivity index (χ2n) is 2.25. The van der Waals surface area contributed by atoms with Crippen molar-refractivity contribution in [1.82, 2.24) is 0 Å². The Morgan fingerprint density at radius 2 is 1.91 bits per heavy atom. The fourth-order valence-corrected chi connectivity index (χ4v) is 0.888. The van der Waals surface area contributed by atoms with Gasteiger partial charge in [-0.25, -0.2) is 0 Å². The van der Waals surface area contributed by atoms with Gasteiger partial charge in [-0.1, -0.05) is 41.9 Å². The third kappa shape index (κ3) is 1.79. The zero-order chi connectivity index (χ0) is 8.32. The number of hydrogen-bond donors (Lipinski definition) is 1. The molecule has 2 N–H and O–H groups in total. The van der Waals surface area contributed by atoms with E-state index in [0.29, 0.717) is 11.8 Å². The molecular formula is C8H8ClNO. The van der Waals surface area contributed by atoms with Crippen molar-refractivity contribution < 1.29 is 4.79 Å². The first-order valence-corrected chi connectivity index (χ1v) is 3.54. The number of hydrogen-bond acceptors (Lipinski definition) is 2. The summed E-state index contributed by atoms with van der Waals surface area (Å²) < 4.78 is 0. The first kappa shape index (κ1) is 8.24. The van der Waals surface area contributed by atoms with Crippen LogP contribution >= 0.6 is 11.6 Å². The third-order valence-electron chi connectivity index (χ3n) is 1.39. The normalized spacial score (nSPS) is 15.5. The van der Waals surface area contributed by atoms with Gasteiger partial charge in [0.05, 0.1) is 0 Å². The summed E-state index contributed by atoms with van der Waals surface area (Å²) in [5, 5.41) is 0. The Kier molecular flexibility index (Phi) is 2.27. The van der Waals surface area contributed by atoms with Gasteiger partial charge in [0.2, 0.25) is 0 Å². The molecule has 3 heteroatoms.